The van der Waals surface area contributed by atoms with Gasteiger partial charge in [0, 0.05) is 10.4 Å². The lowest BCUT2D eigenvalue weighted by atomic mass is 9.86. The Hall–Kier alpha value is -1.26. The number of benzene rings is 1. The van der Waals surface area contributed by atoms with Crippen molar-refractivity contribution in [1.29, 1.82) is 5.26 Å². The highest BCUT2D eigenvalue weighted by molar-refractivity contribution is 6.34. The lowest BCUT2D eigenvalue weighted by Crippen LogP contribution is -2.11. The van der Waals surface area contributed by atoms with Gasteiger partial charge in [0.05, 0.1) is 5.57 Å². The van der Waals surface area contributed by atoms with E-state index in [-0.39, 0.29) is 5.41 Å². The van der Waals surface area contributed by atoms with Gasteiger partial charge in [0.1, 0.15) is 6.07 Å². The minimum Gasteiger partial charge on any atom is -0.192 e. The van der Waals surface area contributed by atoms with E-state index in [1.54, 1.807) is 0 Å². The number of halogens is 1. The van der Waals surface area contributed by atoms with Crippen LogP contribution in [0.15, 0.2) is 35.4 Å². The van der Waals surface area contributed by atoms with Gasteiger partial charge in [-0.1, -0.05) is 62.7 Å². The van der Waals surface area contributed by atoms with Crippen molar-refractivity contribution in [2.75, 3.05) is 0 Å². The van der Waals surface area contributed by atoms with Crippen LogP contribution >= 0.6 is 11.6 Å². The molecule has 0 aliphatic rings. The average Bonchev–Trinajstić information content (AvgIpc) is 2.31. The first-order valence-electron chi connectivity index (χ1n) is 5.38. The minimum atomic E-state index is -0.150. The molecule has 0 aliphatic carbocycles. The number of nitriles is 1. The molecule has 1 nitrogen and oxygen atoms in total. The van der Waals surface area contributed by atoms with Gasteiger partial charge in [0.25, 0.3) is 0 Å². The van der Waals surface area contributed by atoms with Gasteiger partial charge in [0.15, 0.2) is 0 Å². The Morgan fingerprint density at radius 3 is 2.31 bits per heavy atom. The van der Waals surface area contributed by atoms with Crippen molar-refractivity contribution in [3.63, 3.8) is 0 Å². The maximum absolute atomic E-state index is 9.22. The zero-order valence-corrected chi connectivity index (χ0v) is 10.7. The first-order valence-corrected chi connectivity index (χ1v) is 5.76. The monoisotopic (exact) mass is 233 g/mol. The minimum absolute atomic E-state index is 0.150. The third kappa shape index (κ3) is 2.65. The highest BCUT2D eigenvalue weighted by atomic mass is 35.5. The fourth-order valence-corrected chi connectivity index (χ4v) is 1.62. The zero-order valence-electron chi connectivity index (χ0n) is 9.92. The summed E-state index contributed by atoms with van der Waals surface area (Å²) in [7, 11) is 0. The Morgan fingerprint density at radius 2 is 1.88 bits per heavy atom. The summed E-state index contributed by atoms with van der Waals surface area (Å²) in [6, 6.07) is 11.8. The fourth-order valence-electron chi connectivity index (χ4n) is 1.34. The van der Waals surface area contributed by atoms with Crippen LogP contribution in [-0.2, 0) is 0 Å². The Balaban J connectivity index is 3.28. The van der Waals surface area contributed by atoms with E-state index in [4.69, 9.17) is 11.6 Å². The summed E-state index contributed by atoms with van der Waals surface area (Å²) in [6.45, 7) is 6.17. The van der Waals surface area contributed by atoms with E-state index < -0.39 is 0 Å². The van der Waals surface area contributed by atoms with Crippen LogP contribution in [0.4, 0.5) is 0 Å². The predicted octanol–water partition coefficient (Wildman–Crippen LogP) is 4.60. The van der Waals surface area contributed by atoms with E-state index in [0.29, 0.717) is 10.6 Å². The molecular weight excluding hydrogens is 218 g/mol. The van der Waals surface area contributed by atoms with Crippen molar-refractivity contribution in [2.24, 2.45) is 5.41 Å². The van der Waals surface area contributed by atoms with E-state index in [9.17, 15) is 5.26 Å². The second kappa shape index (κ2) is 5.18. The smallest absolute Gasteiger partial charge is 0.101 e. The van der Waals surface area contributed by atoms with Gasteiger partial charge in [-0.25, -0.2) is 0 Å². The maximum atomic E-state index is 9.22. The van der Waals surface area contributed by atoms with Crippen LogP contribution in [-0.4, -0.2) is 0 Å². The predicted molar refractivity (Wildman–Crippen MR) is 68.9 cm³/mol. The molecule has 0 spiro atoms. The molecule has 0 amide bonds. The molecule has 0 saturated carbocycles. The lowest BCUT2D eigenvalue weighted by molar-refractivity contribution is 0.452. The van der Waals surface area contributed by atoms with Crippen molar-refractivity contribution >= 4 is 17.2 Å². The van der Waals surface area contributed by atoms with E-state index >= 15 is 0 Å². The molecule has 0 heterocycles. The molecule has 0 saturated heterocycles. The van der Waals surface area contributed by atoms with E-state index in [1.807, 2.05) is 30.3 Å². The maximum Gasteiger partial charge on any atom is 0.101 e. The van der Waals surface area contributed by atoms with Gasteiger partial charge >= 0.3 is 0 Å². The number of hydrogen-bond donors (Lipinski definition) is 0. The SMILES string of the molecule is CCC(C)(C)C(Cl)=C(C#N)c1ccccc1. The molecule has 0 fully saturated rings. The van der Waals surface area contributed by atoms with Crippen molar-refractivity contribution in [3.05, 3.63) is 40.9 Å². The van der Waals surface area contributed by atoms with Crippen molar-refractivity contribution in [1.82, 2.24) is 0 Å². The van der Waals surface area contributed by atoms with Crippen LogP contribution in [0, 0.1) is 16.7 Å². The van der Waals surface area contributed by atoms with Crippen LogP contribution in [0.1, 0.15) is 32.8 Å². The molecule has 2 heteroatoms. The highest BCUT2D eigenvalue weighted by Gasteiger charge is 2.23. The van der Waals surface area contributed by atoms with Gasteiger partial charge in [-0.2, -0.15) is 5.26 Å². The van der Waals surface area contributed by atoms with Gasteiger partial charge in [0.2, 0.25) is 0 Å². The molecule has 16 heavy (non-hydrogen) atoms. The molecule has 0 atom stereocenters. The first kappa shape index (κ1) is 12.8. The van der Waals surface area contributed by atoms with Crippen molar-refractivity contribution < 1.29 is 0 Å². The topological polar surface area (TPSA) is 23.8 Å². The van der Waals surface area contributed by atoms with E-state index in [1.165, 1.54) is 0 Å². The largest absolute Gasteiger partial charge is 0.192 e. The van der Waals surface area contributed by atoms with Crippen LogP contribution in [0.2, 0.25) is 0 Å². The number of hydrogen-bond acceptors (Lipinski definition) is 1. The molecule has 1 rings (SSSR count). The molecule has 0 bridgehead atoms. The second-order valence-electron chi connectivity index (χ2n) is 4.40. The number of nitrogens with zero attached hydrogens (tertiary/aromatic N) is 1. The normalized spacial score (nSPS) is 12.9. The number of rotatable bonds is 3. The van der Waals surface area contributed by atoms with Crippen molar-refractivity contribution in [3.8, 4) is 6.07 Å². The summed E-state index contributed by atoms with van der Waals surface area (Å²) in [4.78, 5) is 0. The number of allylic oxidation sites excluding steroid dienone is 2. The van der Waals surface area contributed by atoms with Gasteiger partial charge in [-0.15, -0.1) is 0 Å². The summed E-state index contributed by atoms with van der Waals surface area (Å²) in [6.07, 6.45) is 0.907. The molecule has 0 aliphatic heterocycles. The second-order valence-corrected chi connectivity index (χ2v) is 4.78. The highest BCUT2D eigenvalue weighted by Crippen LogP contribution is 2.37. The van der Waals surface area contributed by atoms with Crippen LogP contribution in [0.5, 0.6) is 0 Å². The molecule has 1 aromatic carbocycles. The average molecular weight is 234 g/mol. The standard InChI is InChI=1S/C14H16ClN/c1-4-14(2,3)13(15)12(10-16)11-8-6-5-7-9-11/h5-9H,4H2,1-3H3. The quantitative estimate of drug-likeness (QED) is 0.701. The third-order valence-electron chi connectivity index (χ3n) is 2.87. The summed E-state index contributed by atoms with van der Waals surface area (Å²) < 4.78 is 0. The molecule has 1 aromatic rings. The molecule has 0 radical (unpaired) electrons. The third-order valence-corrected chi connectivity index (χ3v) is 3.57. The van der Waals surface area contributed by atoms with Crippen LogP contribution in [0.3, 0.4) is 0 Å². The Labute approximate surface area is 102 Å². The summed E-state index contributed by atoms with van der Waals surface area (Å²) >= 11 is 6.33. The summed E-state index contributed by atoms with van der Waals surface area (Å²) in [5, 5.41) is 9.86. The van der Waals surface area contributed by atoms with Crippen LogP contribution in [0.25, 0.3) is 5.57 Å². The molecule has 84 valence electrons. The lowest BCUT2D eigenvalue weighted by Gasteiger charge is -2.23. The van der Waals surface area contributed by atoms with Gasteiger partial charge in [-0.05, 0) is 12.0 Å². The fraction of sp³-hybridized carbons (Fsp3) is 0.357. The molecular formula is C14H16ClN. The van der Waals surface area contributed by atoms with E-state index in [0.717, 1.165) is 12.0 Å². The Morgan fingerprint density at radius 1 is 1.31 bits per heavy atom. The Kier molecular flexibility index (Phi) is 4.15. The first-order chi connectivity index (χ1) is 7.53. The summed E-state index contributed by atoms with van der Waals surface area (Å²) in [5.41, 5.74) is 1.31. The molecule has 0 unspecified atom stereocenters. The van der Waals surface area contributed by atoms with Crippen molar-refractivity contribution in [2.45, 2.75) is 27.2 Å². The van der Waals surface area contributed by atoms with Crippen LogP contribution < -0.4 is 0 Å². The van der Waals surface area contributed by atoms with Gasteiger partial charge in [-0.3, -0.25) is 0 Å². The van der Waals surface area contributed by atoms with E-state index in [2.05, 4.69) is 26.8 Å². The molecule has 0 N–H and O–H groups in total. The zero-order chi connectivity index (χ0) is 12.2. The van der Waals surface area contributed by atoms with Gasteiger partial charge < -0.3 is 0 Å². The summed E-state index contributed by atoms with van der Waals surface area (Å²) in [5.74, 6) is 0. The Bertz CT molecular complexity index is 424. The molecule has 0 aromatic heterocycles.